The molecule has 0 spiro atoms. The van der Waals surface area contributed by atoms with Gasteiger partial charge in [-0.25, -0.2) is 8.42 Å². The summed E-state index contributed by atoms with van der Waals surface area (Å²) in [4.78, 5) is 0. The number of hydrogen-bond acceptors (Lipinski definition) is 4. The van der Waals surface area contributed by atoms with Gasteiger partial charge in [0.05, 0.1) is 18.5 Å². The molecule has 15 heavy (non-hydrogen) atoms. The van der Waals surface area contributed by atoms with E-state index >= 15 is 0 Å². The molecule has 0 bridgehead atoms. The maximum absolute atomic E-state index is 10.7. The number of rotatable bonds is 4. The van der Waals surface area contributed by atoms with Crippen molar-refractivity contribution in [1.29, 1.82) is 0 Å². The van der Waals surface area contributed by atoms with Crippen molar-refractivity contribution in [2.75, 3.05) is 7.11 Å². The second kappa shape index (κ2) is 5.14. The van der Waals surface area contributed by atoms with Gasteiger partial charge in [-0.05, 0) is 13.0 Å². The Morgan fingerprint density at radius 1 is 1.33 bits per heavy atom. The zero-order valence-electron chi connectivity index (χ0n) is 8.58. The number of thiol groups is 1. The Bertz CT molecular complexity index is 392. The molecule has 1 rings (SSSR count). The van der Waals surface area contributed by atoms with E-state index in [0.29, 0.717) is 11.3 Å². The predicted molar refractivity (Wildman–Crippen MR) is 57.7 cm³/mol. The molecule has 0 aromatic heterocycles. The Morgan fingerprint density at radius 2 is 1.93 bits per heavy atom. The minimum absolute atomic E-state index is 0.492. The average molecular weight is 230 g/mol. The lowest BCUT2D eigenvalue weighted by Crippen LogP contribution is -2.17. The Labute approximate surface area is 90.5 Å². The Balaban J connectivity index is 3.04. The number of aliphatic hydroxyl groups excluding tert-OH is 1. The van der Waals surface area contributed by atoms with Crippen molar-refractivity contribution in [1.82, 2.24) is 0 Å². The van der Waals surface area contributed by atoms with E-state index < -0.39 is 22.1 Å². The number of aliphatic hydroxyl groups is 1. The van der Waals surface area contributed by atoms with Crippen LogP contribution in [0.15, 0.2) is 24.3 Å². The molecule has 4 nitrogen and oxygen atoms in total. The highest BCUT2D eigenvalue weighted by Gasteiger charge is 2.21. The predicted octanol–water partition coefficient (Wildman–Crippen LogP) is 0.728. The van der Waals surface area contributed by atoms with Crippen molar-refractivity contribution in [3.05, 3.63) is 29.8 Å². The number of ether oxygens (including phenoxy) is 1. The lowest BCUT2D eigenvalue weighted by atomic mass is 10.1. The summed E-state index contributed by atoms with van der Waals surface area (Å²) in [6.45, 7) is 1.46. The molecule has 2 atom stereocenters. The van der Waals surface area contributed by atoms with Crippen LogP contribution in [0.5, 0.6) is 5.75 Å². The number of hydrogen-bond donors (Lipinski definition) is 2. The third kappa shape index (κ3) is 2.70. The molecule has 5 heteroatoms. The maximum Gasteiger partial charge on any atom is 0.145 e. The van der Waals surface area contributed by atoms with E-state index in [2.05, 4.69) is 0 Å². The SMILES string of the molecule is COc1ccccc1[C@H](O)[C@H](C)[SH](=O)=O. The molecule has 0 aliphatic heterocycles. The summed E-state index contributed by atoms with van der Waals surface area (Å²) < 4.78 is 26.5. The van der Waals surface area contributed by atoms with Gasteiger partial charge in [0, 0.05) is 5.56 Å². The van der Waals surface area contributed by atoms with Crippen LogP contribution in [0.2, 0.25) is 0 Å². The van der Waals surface area contributed by atoms with Crippen molar-refractivity contribution < 1.29 is 18.3 Å². The fourth-order valence-corrected chi connectivity index (χ4v) is 1.68. The fourth-order valence-electron chi connectivity index (χ4n) is 1.29. The van der Waals surface area contributed by atoms with E-state index in [1.54, 1.807) is 24.3 Å². The normalized spacial score (nSPS) is 14.9. The van der Waals surface area contributed by atoms with E-state index in [4.69, 9.17) is 4.74 Å². The quantitative estimate of drug-likeness (QED) is 0.748. The van der Waals surface area contributed by atoms with Crippen molar-refractivity contribution in [2.24, 2.45) is 0 Å². The number of para-hydroxylation sites is 1. The van der Waals surface area contributed by atoms with E-state index in [0.717, 1.165) is 0 Å². The van der Waals surface area contributed by atoms with Gasteiger partial charge in [-0.3, -0.25) is 0 Å². The molecule has 0 unspecified atom stereocenters. The molecule has 0 amide bonds. The van der Waals surface area contributed by atoms with Gasteiger partial charge in [0.1, 0.15) is 16.5 Å². The summed E-state index contributed by atoms with van der Waals surface area (Å²) >= 11 is 0. The first-order valence-electron chi connectivity index (χ1n) is 4.52. The van der Waals surface area contributed by atoms with Gasteiger partial charge in [0.2, 0.25) is 0 Å². The van der Waals surface area contributed by atoms with Gasteiger partial charge in [0.15, 0.2) is 0 Å². The summed E-state index contributed by atoms with van der Waals surface area (Å²) in [5.41, 5.74) is 0.492. The third-order valence-corrected chi connectivity index (χ3v) is 3.19. The van der Waals surface area contributed by atoms with Crippen LogP contribution in [-0.2, 0) is 10.7 Å². The molecule has 0 fully saturated rings. The first-order valence-corrected chi connectivity index (χ1v) is 5.77. The van der Waals surface area contributed by atoms with Crippen LogP contribution in [0.1, 0.15) is 18.6 Å². The van der Waals surface area contributed by atoms with Crippen LogP contribution in [0.3, 0.4) is 0 Å². The van der Waals surface area contributed by atoms with Crippen molar-refractivity contribution in [3.63, 3.8) is 0 Å². The molecule has 0 aliphatic rings. The van der Waals surface area contributed by atoms with Gasteiger partial charge in [-0.15, -0.1) is 0 Å². The summed E-state index contributed by atoms with van der Waals surface area (Å²) in [5.74, 6) is 0.494. The molecular formula is C10H14O4S. The second-order valence-corrected chi connectivity index (χ2v) is 4.60. The highest BCUT2D eigenvalue weighted by Crippen LogP contribution is 2.27. The molecule has 0 radical (unpaired) electrons. The summed E-state index contributed by atoms with van der Waals surface area (Å²) in [5, 5.41) is 8.98. The minimum atomic E-state index is -2.65. The minimum Gasteiger partial charge on any atom is -0.496 e. The summed E-state index contributed by atoms with van der Waals surface area (Å²) in [6.07, 6.45) is -1.05. The largest absolute Gasteiger partial charge is 0.496 e. The molecule has 1 aromatic rings. The molecule has 1 aromatic carbocycles. The lowest BCUT2D eigenvalue weighted by molar-refractivity contribution is 0.172. The Hall–Kier alpha value is -1.07. The lowest BCUT2D eigenvalue weighted by Gasteiger charge is -2.16. The number of benzene rings is 1. The second-order valence-electron chi connectivity index (χ2n) is 3.21. The van der Waals surface area contributed by atoms with Crippen LogP contribution in [0, 0.1) is 0 Å². The standard InChI is InChI=1S/C10H14O4S/c1-7(15(12)13)10(11)8-5-3-4-6-9(8)14-2/h3-7,10-11,15H,1-2H3/t7-,10+/m0/s1. The average Bonchev–Trinajstić information content (AvgIpc) is 2.26. The Morgan fingerprint density at radius 3 is 2.47 bits per heavy atom. The van der Waals surface area contributed by atoms with Gasteiger partial charge >= 0.3 is 0 Å². The monoisotopic (exact) mass is 230 g/mol. The maximum atomic E-state index is 10.7. The highest BCUT2D eigenvalue weighted by molar-refractivity contribution is 7.73. The molecule has 0 saturated carbocycles. The zero-order chi connectivity index (χ0) is 11.4. The van der Waals surface area contributed by atoms with Gasteiger partial charge in [-0.2, -0.15) is 0 Å². The van der Waals surface area contributed by atoms with Crippen LogP contribution in [0.25, 0.3) is 0 Å². The smallest absolute Gasteiger partial charge is 0.145 e. The van der Waals surface area contributed by atoms with Crippen molar-refractivity contribution >= 4 is 10.7 Å². The zero-order valence-corrected chi connectivity index (χ0v) is 9.48. The van der Waals surface area contributed by atoms with Crippen LogP contribution < -0.4 is 4.74 Å². The molecule has 0 aliphatic carbocycles. The topological polar surface area (TPSA) is 63.6 Å². The molecule has 1 N–H and O–H groups in total. The Kier molecular flexibility index (Phi) is 4.11. The first-order chi connectivity index (χ1) is 7.07. The third-order valence-electron chi connectivity index (χ3n) is 2.25. The number of methoxy groups -OCH3 is 1. The van der Waals surface area contributed by atoms with Crippen LogP contribution in [0.4, 0.5) is 0 Å². The van der Waals surface area contributed by atoms with Gasteiger partial charge < -0.3 is 9.84 Å². The fraction of sp³-hybridized carbons (Fsp3) is 0.400. The van der Waals surface area contributed by atoms with Crippen molar-refractivity contribution in [3.8, 4) is 5.75 Å². The van der Waals surface area contributed by atoms with Gasteiger partial charge in [-0.1, -0.05) is 18.2 Å². The van der Waals surface area contributed by atoms with E-state index in [9.17, 15) is 13.5 Å². The molecule has 0 heterocycles. The van der Waals surface area contributed by atoms with E-state index in [1.165, 1.54) is 14.0 Å². The summed E-state index contributed by atoms with van der Waals surface area (Å²) in [7, 11) is -1.17. The van der Waals surface area contributed by atoms with Crippen LogP contribution in [-0.4, -0.2) is 25.9 Å². The molecule has 84 valence electrons. The van der Waals surface area contributed by atoms with Crippen molar-refractivity contribution in [2.45, 2.75) is 18.3 Å². The molecular weight excluding hydrogens is 216 g/mol. The summed E-state index contributed by atoms with van der Waals surface area (Å²) in [6, 6.07) is 6.82. The first kappa shape index (κ1) is 12.0. The highest BCUT2D eigenvalue weighted by atomic mass is 32.2. The van der Waals surface area contributed by atoms with E-state index in [-0.39, 0.29) is 0 Å². The van der Waals surface area contributed by atoms with E-state index in [1.807, 2.05) is 0 Å². The van der Waals surface area contributed by atoms with Crippen LogP contribution >= 0.6 is 0 Å². The molecule has 0 saturated heterocycles. The van der Waals surface area contributed by atoms with Gasteiger partial charge in [0.25, 0.3) is 0 Å².